The summed E-state index contributed by atoms with van der Waals surface area (Å²) in [6, 6.07) is 15.3. The first kappa shape index (κ1) is 24.7. The molecule has 1 amide bonds. The monoisotopic (exact) mass is 519 g/mol. The highest BCUT2D eigenvalue weighted by atomic mass is 35.5. The Bertz CT molecular complexity index is 1530. The molecule has 0 radical (unpaired) electrons. The minimum atomic E-state index is -0.457. The van der Waals surface area contributed by atoms with Crippen molar-refractivity contribution in [3.05, 3.63) is 97.7 Å². The summed E-state index contributed by atoms with van der Waals surface area (Å²) in [5.41, 5.74) is 3.10. The van der Waals surface area contributed by atoms with Gasteiger partial charge in [0, 0.05) is 30.9 Å². The average molecular weight is 520 g/mol. The summed E-state index contributed by atoms with van der Waals surface area (Å²) in [7, 11) is 0. The fraction of sp³-hybridized carbons (Fsp3) is 0.296. The van der Waals surface area contributed by atoms with Crippen LogP contribution in [-0.4, -0.2) is 31.0 Å². The highest BCUT2D eigenvalue weighted by molar-refractivity contribution is 6.30. The fourth-order valence-electron chi connectivity index (χ4n) is 5.11. The van der Waals surface area contributed by atoms with Crippen LogP contribution in [0.5, 0.6) is 0 Å². The normalized spacial score (nSPS) is 17.6. The molecular formula is C27H26ClN5O4. The maximum atomic E-state index is 13.5. The predicted molar refractivity (Wildman–Crippen MR) is 141 cm³/mol. The number of hydrogen-bond donors (Lipinski definition) is 1. The smallest absolute Gasteiger partial charge is 0.333 e. The number of nitrogens with one attached hydrogen (secondary N) is 1. The molecule has 2 aromatic carbocycles. The van der Waals surface area contributed by atoms with Gasteiger partial charge < -0.3 is 5.32 Å². The van der Waals surface area contributed by atoms with Gasteiger partial charge >= 0.3 is 5.69 Å². The Balaban J connectivity index is 1.31. The molecule has 2 heterocycles. The number of imidazole rings is 1. The second-order valence-corrected chi connectivity index (χ2v) is 9.90. The Kier molecular flexibility index (Phi) is 6.80. The number of aryl methyl sites for hydroxylation is 1. The topological polar surface area (TPSA) is 112 Å². The van der Waals surface area contributed by atoms with E-state index in [9.17, 15) is 19.7 Å². The van der Waals surface area contributed by atoms with Gasteiger partial charge in [0.1, 0.15) is 0 Å². The van der Waals surface area contributed by atoms with Gasteiger partial charge in [0.2, 0.25) is 0 Å². The molecule has 1 aliphatic carbocycles. The number of carbonyl (C=O) groups excluding carboxylic acids is 1. The number of rotatable bonds is 6. The van der Waals surface area contributed by atoms with Crippen molar-refractivity contribution >= 4 is 34.2 Å². The molecule has 4 aromatic rings. The van der Waals surface area contributed by atoms with E-state index >= 15 is 0 Å². The van der Waals surface area contributed by atoms with Gasteiger partial charge in [-0.1, -0.05) is 23.7 Å². The molecule has 1 N–H and O–H groups in total. The number of benzene rings is 2. The number of nitro benzene ring substituents is 1. The zero-order valence-electron chi connectivity index (χ0n) is 20.3. The van der Waals surface area contributed by atoms with Gasteiger partial charge in [0.25, 0.3) is 11.6 Å². The van der Waals surface area contributed by atoms with Gasteiger partial charge in [0.05, 0.1) is 37.9 Å². The maximum absolute atomic E-state index is 13.5. The van der Waals surface area contributed by atoms with Gasteiger partial charge in [-0.2, -0.15) is 0 Å². The van der Waals surface area contributed by atoms with E-state index in [0.29, 0.717) is 28.5 Å². The molecule has 1 aliphatic rings. The van der Waals surface area contributed by atoms with Crippen LogP contribution in [0, 0.1) is 23.0 Å². The van der Waals surface area contributed by atoms with Crippen molar-refractivity contribution in [2.45, 2.75) is 45.2 Å². The Labute approximate surface area is 217 Å². The molecule has 2 aromatic heterocycles. The predicted octanol–water partition coefficient (Wildman–Crippen LogP) is 5.05. The number of halogens is 1. The molecule has 37 heavy (non-hydrogen) atoms. The third-order valence-corrected chi connectivity index (χ3v) is 7.28. The third kappa shape index (κ3) is 4.99. The molecular weight excluding hydrogens is 494 g/mol. The molecule has 0 atom stereocenters. The highest BCUT2D eigenvalue weighted by Gasteiger charge is 2.25. The molecule has 1 saturated carbocycles. The van der Waals surface area contributed by atoms with E-state index in [4.69, 9.17) is 11.6 Å². The standard InChI is InChI=1S/C27H26ClN5O4/c1-17-23(14-19(28)15-29-17)26(34)30-20-8-6-18(7-9-20)16-31-24-4-2-3-5-25(24)32(27(31)35)21-10-12-22(13-11-21)33(36)37/h2-5,10-15,18,20H,6-9,16H2,1H3,(H,30,34). The number of amides is 1. The van der Waals surface area contributed by atoms with Crippen molar-refractivity contribution in [1.29, 1.82) is 0 Å². The number of pyridine rings is 1. The van der Waals surface area contributed by atoms with Gasteiger partial charge in [-0.05, 0) is 68.9 Å². The van der Waals surface area contributed by atoms with Crippen molar-refractivity contribution in [3.63, 3.8) is 0 Å². The molecule has 0 aliphatic heterocycles. The third-order valence-electron chi connectivity index (χ3n) is 7.08. The Morgan fingerprint density at radius 1 is 1.11 bits per heavy atom. The molecule has 190 valence electrons. The van der Waals surface area contributed by atoms with Crippen molar-refractivity contribution in [1.82, 2.24) is 19.4 Å². The summed E-state index contributed by atoms with van der Waals surface area (Å²) in [6.45, 7) is 2.35. The zero-order chi connectivity index (χ0) is 26.1. The lowest BCUT2D eigenvalue weighted by Gasteiger charge is -2.29. The first-order chi connectivity index (χ1) is 17.8. The Morgan fingerprint density at radius 2 is 1.78 bits per heavy atom. The van der Waals surface area contributed by atoms with Crippen LogP contribution in [0.2, 0.25) is 5.02 Å². The lowest BCUT2D eigenvalue weighted by molar-refractivity contribution is -0.384. The number of aromatic nitrogens is 3. The molecule has 0 saturated heterocycles. The van der Waals surface area contributed by atoms with E-state index in [1.807, 2.05) is 24.3 Å². The first-order valence-electron chi connectivity index (χ1n) is 12.2. The average Bonchev–Trinajstić information content (AvgIpc) is 3.17. The van der Waals surface area contributed by atoms with Crippen LogP contribution in [-0.2, 0) is 6.54 Å². The summed E-state index contributed by atoms with van der Waals surface area (Å²) in [4.78, 5) is 41.0. The van der Waals surface area contributed by atoms with E-state index in [1.165, 1.54) is 18.3 Å². The van der Waals surface area contributed by atoms with E-state index in [-0.39, 0.29) is 29.2 Å². The van der Waals surface area contributed by atoms with Crippen LogP contribution in [0.25, 0.3) is 16.7 Å². The fourth-order valence-corrected chi connectivity index (χ4v) is 5.26. The van der Waals surface area contributed by atoms with E-state index in [0.717, 1.165) is 36.7 Å². The van der Waals surface area contributed by atoms with E-state index in [1.54, 1.807) is 34.3 Å². The second-order valence-electron chi connectivity index (χ2n) is 9.47. The van der Waals surface area contributed by atoms with Crippen LogP contribution in [0.3, 0.4) is 0 Å². The second kappa shape index (κ2) is 10.2. The summed E-state index contributed by atoms with van der Waals surface area (Å²) in [5, 5.41) is 14.6. The maximum Gasteiger partial charge on any atom is 0.333 e. The minimum Gasteiger partial charge on any atom is -0.349 e. The lowest BCUT2D eigenvalue weighted by Crippen LogP contribution is -2.39. The van der Waals surface area contributed by atoms with E-state index < -0.39 is 4.92 Å². The first-order valence-corrected chi connectivity index (χ1v) is 12.6. The number of fused-ring (bicyclic) bond motifs is 1. The van der Waals surface area contributed by atoms with Crippen LogP contribution < -0.4 is 11.0 Å². The number of para-hydroxylation sites is 2. The van der Waals surface area contributed by atoms with Crippen LogP contribution in [0.15, 0.2) is 65.6 Å². The molecule has 9 nitrogen and oxygen atoms in total. The van der Waals surface area contributed by atoms with Crippen LogP contribution >= 0.6 is 11.6 Å². The van der Waals surface area contributed by atoms with Crippen molar-refractivity contribution in [2.24, 2.45) is 5.92 Å². The van der Waals surface area contributed by atoms with Crippen LogP contribution in [0.1, 0.15) is 41.7 Å². The van der Waals surface area contributed by atoms with Gasteiger partial charge in [-0.15, -0.1) is 0 Å². The SMILES string of the molecule is Cc1ncc(Cl)cc1C(=O)NC1CCC(Cn2c(=O)n(-c3ccc([N+](=O)[O-])cc3)c3ccccc32)CC1. The quantitative estimate of drug-likeness (QED) is 0.283. The summed E-state index contributed by atoms with van der Waals surface area (Å²) < 4.78 is 3.40. The lowest BCUT2D eigenvalue weighted by atomic mass is 9.85. The minimum absolute atomic E-state index is 0.0221. The van der Waals surface area contributed by atoms with Crippen molar-refractivity contribution < 1.29 is 9.72 Å². The summed E-state index contributed by atoms with van der Waals surface area (Å²) in [6.07, 6.45) is 4.92. The van der Waals surface area contributed by atoms with Gasteiger partial charge in [-0.25, -0.2) is 4.79 Å². The van der Waals surface area contributed by atoms with Gasteiger partial charge in [0.15, 0.2) is 0 Å². The van der Waals surface area contributed by atoms with E-state index in [2.05, 4.69) is 10.3 Å². The van der Waals surface area contributed by atoms with Gasteiger partial charge in [-0.3, -0.25) is 29.0 Å². The number of hydrogen-bond acceptors (Lipinski definition) is 5. The van der Waals surface area contributed by atoms with Crippen molar-refractivity contribution in [3.8, 4) is 5.69 Å². The summed E-state index contributed by atoms with van der Waals surface area (Å²) in [5.74, 6) is 0.120. The van der Waals surface area contributed by atoms with Crippen LogP contribution in [0.4, 0.5) is 5.69 Å². The molecule has 10 heteroatoms. The van der Waals surface area contributed by atoms with Crippen molar-refractivity contribution in [2.75, 3.05) is 0 Å². The largest absolute Gasteiger partial charge is 0.349 e. The molecule has 1 fully saturated rings. The number of nitrogens with zero attached hydrogens (tertiary/aromatic N) is 4. The number of non-ortho nitro benzene ring substituents is 1. The zero-order valence-corrected chi connectivity index (χ0v) is 21.0. The molecule has 0 spiro atoms. The Hall–Kier alpha value is -3.98. The summed E-state index contributed by atoms with van der Waals surface area (Å²) >= 11 is 6.02. The number of nitro groups is 1. The molecule has 0 unspecified atom stereocenters. The molecule has 5 rings (SSSR count). The molecule has 0 bridgehead atoms. The Morgan fingerprint density at radius 3 is 2.46 bits per heavy atom. The number of carbonyl (C=O) groups is 1. The highest BCUT2D eigenvalue weighted by Crippen LogP contribution is 2.28.